The summed E-state index contributed by atoms with van der Waals surface area (Å²) in [4.78, 5) is 27.7. The molecule has 0 unspecified atom stereocenters. The highest BCUT2D eigenvalue weighted by Crippen LogP contribution is 2.55. The van der Waals surface area contributed by atoms with Crippen molar-refractivity contribution in [2.75, 3.05) is 11.9 Å². The van der Waals surface area contributed by atoms with Crippen LogP contribution in [0.4, 0.5) is 5.69 Å². The molecular weight excluding hydrogens is 396 g/mol. The minimum Gasteiger partial charge on any atom is -0.490 e. The van der Waals surface area contributed by atoms with E-state index in [4.69, 9.17) is 14.6 Å². The molecule has 0 radical (unpaired) electrons. The van der Waals surface area contributed by atoms with Crippen LogP contribution in [0.2, 0.25) is 0 Å². The minimum absolute atomic E-state index is 0.0373. The average molecular weight is 420 g/mol. The van der Waals surface area contributed by atoms with Gasteiger partial charge in [-0.25, -0.2) is 0 Å². The summed E-state index contributed by atoms with van der Waals surface area (Å²) < 4.78 is 14.1. The molecule has 1 aromatic carbocycles. The van der Waals surface area contributed by atoms with Gasteiger partial charge in [0.1, 0.15) is 11.4 Å². The molecule has 4 fully saturated rings. The molecule has 8 heteroatoms. The van der Waals surface area contributed by atoms with E-state index in [9.17, 15) is 9.59 Å². The summed E-state index contributed by atoms with van der Waals surface area (Å²) in [5.41, 5.74) is 0.916. The van der Waals surface area contributed by atoms with E-state index in [0.717, 1.165) is 43.0 Å². The van der Waals surface area contributed by atoms with Gasteiger partial charge in [-0.3, -0.25) is 14.3 Å². The Morgan fingerprint density at radius 2 is 2.19 bits per heavy atom. The topological polar surface area (TPSA) is 98.2 Å². The van der Waals surface area contributed by atoms with Gasteiger partial charge in [0.25, 0.3) is 11.5 Å². The zero-order valence-corrected chi connectivity index (χ0v) is 17.3. The average Bonchev–Trinajstić information content (AvgIpc) is 3.36. The van der Waals surface area contributed by atoms with E-state index in [1.54, 1.807) is 12.1 Å². The van der Waals surface area contributed by atoms with Crippen molar-refractivity contribution in [2.45, 2.75) is 56.3 Å². The van der Waals surface area contributed by atoms with Gasteiger partial charge in [0.05, 0.1) is 34.9 Å². The fourth-order valence-corrected chi connectivity index (χ4v) is 5.03. The maximum absolute atomic E-state index is 13.1. The summed E-state index contributed by atoms with van der Waals surface area (Å²) in [6.45, 7) is 2.80. The zero-order valence-electron chi connectivity index (χ0n) is 17.3. The summed E-state index contributed by atoms with van der Waals surface area (Å²) in [6, 6.07) is 6.90. The van der Waals surface area contributed by atoms with E-state index in [0.29, 0.717) is 17.9 Å². The Hall–Kier alpha value is -3.13. The van der Waals surface area contributed by atoms with Crippen molar-refractivity contribution in [1.82, 2.24) is 14.8 Å². The Morgan fingerprint density at radius 3 is 2.87 bits per heavy atom. The first-order chi connectivity index (χ1) is 14.9. The van der Waals surface area contributed by atoms with Gasteiger partial charge in [-0.2, -0.15) is 5.10 Å². The van der Waals surface area contributed by atoms with E-state index in [2.05, 4.69) is 17.2 Å². The monoisotopic (exact) mass is 420 g/mol. The van der Waals surface area contributed by atoms with Crippen LogP contribution < -0.4 is 15.6 Å². The van der Waals surface area contributed by atoms with Crippen molar-refractivity contribution in [1.29, 1.82) is 0 Å². The molecule has 2 aliphatic carbocycles. The Labute approximate surface area is 178 Å². The number of hydrogen-bond acceptors (Lipinski definition) is 5. The number of fused-ring (bicyclic) bond motifs is 2. The number of nitrogens with zero attached hydrogens (tertiary/aromatic N) is 2. The molecule has 7 rings (SSSR count). The van der Waals surface area contributed by atoms with Crippen LogP contribution in [0.25, 0.3) is 10.9 Å². The number of carbonyl (C=O) groups excluding carboxylic acids is 1. The lowest BCUT2D eigenvalue weighted by Gasteiger charge is -2.42. The largest absolute Gasteiger partial charge is 0.490 e. The van der Waals surface area contributed by atoms with Crippen molar-refractivity contribution in [2.24, 2.45) is 0 Å². The van der Waals surface area contributed by atoms with Crippen molar-refractivity contribution in [3.63, 3.8) is 0 Å². The van der Waals surface area contributed by atoms with Crippen molar-refractivity contribution >= 4 is 22.5 Å². The van der Waals surface area contributed by atoms with Crippen LogP contribution in [0.5, 0.6) is 5.75 Å². The van der Waals surface area contributed by atoms with Gasteiger partial charge >= 0.3 is 0 Å². The normalized spacial score (nSPS) is 27.0. The van der Waals surface area contributed by atoms with Crippen LogP contribution in [-0.4, -0.2) is 39.0 Å². The highest BCUT2D eigenvalue weighted by molar-refractivity contribution is 6.08. The highest BCUT2D eigenvalue weighted by Gasteiger charge is 2.61. The number of aromatic amines is 1. The van der Waals surface area contributed by atoms with Crippen molar-refractivity contribution in [3.8, 4) is 5.75 Å². The summed E-state index contributed by atoms with van der Waals surface area (Å²) in [6.07, 6.45) is 8.61. The SMILES string of the molecule is CC12CC(n3cc4cc(C(=O)Nc5ccc[nH]c5=O)c(OC5CCC5)cc4n3)(CO1)C2. The number of amides is 1. The fourth-order valence-electron chi connectivity index (χ4n) is 5.03. The number of nitrogens with one attached hydrogen (secondary N) is 2. The van der Waals surface area contributed by atoms with Gasteiger partial charge in [0, 0.05) is 36.7 Å². The third kappa shape index (κ3) is 2.96. The maximum Gasteiger partial charge on any atom is 0.271 e. The van der Waals surface area contributed by atoms with E-state index < -0.39 is 0 Å². The Bertz CT molecular complexity index is 1250. The number of aromatic nitrogens is 3. The van der Waals surface area contributed by atoms with Crippen LogP contribution >= 0.6 is 0 Å². The van der Waals surface area contributed by atoms with E-state index >= 15 is 0 Å². The molecule has 2 aliphatic heterocycles. The molecule has 0 spiro atoms. The molecule has 1 amide bonds. The van der Waals surface area contributed by atoms with Gasteiger partial charge in [0.2, 0.25) is 0 Å². The number of pyridine rings is 1. The molecule has 4 aliphatic rings. The molecule has 0 atom stereocenters. The summed E-state index contributed by atoms with van der Waals surface area (Å²) in [7, 11) is 0. The predicted molar refractivity (Wildman–Crippen MR) is 115 cm³/mol. The highest BCUT2D eigenvalue weighted by atomic mass is 16.5. The molecule has 31 heavy (non-hydrogen) atoms. The first-order valence-corrected chi connectivity index (χ1v) is 10.8. The van der Waals surface area contributed by atoms with Crippen LogP contribution in [0, 0.1) is 0 Å². The van der Waals surface area contributed by atoms with Gasteiger partial charge in [-0.1, -0.05) is 0 Å². The van der Waals surface area contributed by atoms with E-state index in [1.165, 1.54) is 6.20 Å². The smallest absolute Gasteiger partial charge is 0.271 e. The Kier molecular flexibility index (Phi) is 3.87. The molecule has 3 aromatic rings. The van der Waals surface area contributed by atoms with Crippen LogP contribution in [-0.2, 0) is 10.3 Å². The number of anilines is 1. The van der Waals surface area contributed by atoms with E-state index in [-0.39, 0.29) is 34.4 Å². The lowest BCUT2D eigenvalue weighted by atomic mass is 9.69. The second-order valence-electron chi connectivity index (χ2n) is 9.34. The quantitative estimate of drug-likeness (QED) is 0.661. The summed E-state index contributed by atoms with van der Waals surface area (Å²) >= 11 is 0. The first kappa shape index (κ1) is 18.6. The molecule has 2 aromatic heterocycles. The fraction of sp³-hybridized carbons (Fsp3) is 0.435. The number of ether oxygens (including phenoxy) is 2. The number of carbonyl (C=O) groups is 1. The van der Waals surface area contributed by atoms with E-state index in [1.807, 2.05) is 23.0 Å². The van der Waals surface area contributed by atoms with Gasteiger partial charge < -0.3 is 19.8 Å². The second kappa shape index (κ2) is 6.43. The maximum atomic E-state index is 13.1. The lowest BCUT2D eigenvalue weighted by Crippen LogP contribution is -2.49. The standard InChI is InChI=1S/C23H24N4O4/c1-22-11-23(12-22,13-30-22)27-10-14-8-16(20(28)25-17-6-3-7-24-21(17)29)19(9-18(14)26-27)31-15-4-2-5-15/h3,6-10,15H,2,4-5,11-13H2,1H3,(H,24,29)(H,25,28). The van der Waals surface area contributed by atoms with Gasteiger partial charge in [0.15, 0.2) is 0 Å². The minimum atomic E-state index is -0.376. The molecule has 160 valence electrons. The Balaban J connectivity index is 1.38. The van der Waals surface area contributed by atoms with Gasteiger partial charge in [-0.05, 0) is 44.4 Å². The summed E-state index contributed by atoms with van der Waals surface area (Å²) in [5, 5.41) is 8.39. The molecule has 2 bridgehead atoms. The molecule has 4 heterocycles. The third-order valence-corrected chi connectivity index (χ3v) is 6.84. The van der Waals surface area contributed by atoms with Gasteiger partial charge in [-0.15, -0.1) is 0 Å². The number of rotatable bonds is 5. The third-order valence-electron chi connectivity index (χ3n) is 6.84. The van der Waals surface area contributed by atoms with Crippen molar-refractivity contribution in [3.05, 3.63) is 52.6 Å². The van der Waals surface area contributed by atoms with Crippen LogP contribution in [0.3, 0.4) is 0 Å². The molecule has 8 nitrogen and oxygen atoms in total. The van der Waals surface area contributed by atoms with Crippen LogP contribution in [0.1, 0.15) is 49.4 Å². The predicted octanol–water partition coefficient (Wildman–Crippen LogP) is 3.19. The molecular formula is C23H24N4O4. The van der Waals surface area contributed by atoms with Crippen molar-refractivity contribution < 1.29 is 14.3 Å². The van der Waals surface area contributed by atoms with Crippen LogP contribution in [0.15, 0.2) is 41.5 Å². The first-order valence-electron chi connectivity index (χ1n) is 10.8. The molecule has 2 saturated carbocycles. The molecule has 2 saturated heterocycles. The summed E-state index contributed by atoms with van der Waals surface area (Å²) in [5.74, 6) is 0.130. The zero-order chi connectivity index (χ0) is 21.2. The number of hydrogen-bond donors (Lipinski definition) is 2. The lowest BCUT2D eigenvalue weighted by molar-refractivity contribution is 0.00383. The number of benzene rings is 1. The Morgan fingerprint density at radius 1 is 1.35 bits per heavy atom. The number of H-pyrrole nitrogens is 1. The molecule has 2 N–H and O–H groups in total. The second-order valence-corrected chi connectivity index (χ2v) is 9.34.